The summed E-state index contributed by atoms with van der Waals surface area (Å²) >= 11 is 0. The van der Waals surface area contributed by atoms with Gasteiger partial charge in [-0.05, 0) is 38.2 Å². The molecule has 4 rings (SSSR count). The quantitative estimate of drug-likeness (QED) is 0.804. The molecule has 1 aliphatic carbocycles. The Hall–Kier alpha value is -1.34. The fraction of sp³-hybridized carbons (Fsp3) is 0.706. The first-order valence-electron chi connectivity index (χ1n) is 8.56. The third-order valence-corrected chi connectivity index (χ3v) is 8.36. The van der Waals surface area contributed by atoms with E-state index in [0.29, 0.717) is 30.3 Å². The number of amides is 1. The Morgan fingerprint density at radius 2 is 2.08 bits per heavy atom. The van der Waals surface area contributed by atoms with Crippen molar-refractivity contribution in [3.05, 3.63) is 23.7 Å². The largest absolute Gasteiger partial charge is 0.469 e. The van der Waals surface area contributed by atoms with E-state index in [1.807, 2.05) is 0 Å². The van der Waals surface area contributed by atoms with Crippen LogP contribution in [-0.2, 0) is 14.6 Å². The maximum absolute atomic E-state index is 12.6. The summed E-state index contributed by atoms with van der Waals surface area (Å²) in [4.78, 5) is 14.1. The molecule has 1 aromatic rings. The van der Waals surface area contributed by atoms with Crippen LogP contribution in [0.25, 0.3) is 0 Å². The van der Waals surface area contributed by atoms with Gasteiger partial charge in [-0.25, -0.2) is 8.42 Å². The molecule has 0 N–H and O–H groups in total. The number of likely N-dealkylation sites (tertiary alicyclic amines) is 1. The van der Waals surface area contributed by atoms with Gasteiger partial charge in [0.25, 0.3) is 5.91 Å². The molecule has 0 bridgehead atoms. The van der Waals surface area contributed by atoms with E-state index >= 15 is 0 Å². The van der Waals surface area contributed by atoms with Crippen molar-refractivity contribution in [2.75, 3.05) is 32.1 Å². The van der Waals surface area contributed by atoms with Crippen LogP contribution in [-0.4, -0.2) is 56.0 Å². The average molecular weight is 353 g/mol. The SMILES string of the molecule is Cc1occc1C(=O)N1CC2(C1)C(COCC1CC1)CCS2(=O)=O. The van der Waals surface area contributed by atoms with Crippen molar-refractivity contribution in [3.8, 4) is 0 Å². The number of hydrogen-bond donors (Lipinski definition) is 0. The van der Waals surface area contributed by atoms with Crippen LogP contribution in [0.15, 0.2) is 16.7 Å². The summed E-state index contributed by atoms with van der Waals surface area (Å²) in [5.41, 5.74) is 0.516. The van der Waals surface area contributed by atoms with Crippen molar-refractivity contribution in [2.45, 2.75) is 30.9 Å². The van der Waals surface area contributed by atoms with Crippen LogP contribution in [0.1, 0.15) is 35.4 Å². The molecule has 1 atom stereocenters. The molecule has 24 heavy (non-hydrogen) atoms. The molecule has 1 aromatic heterocycles. The van der Waals surface area contributed by atoms with E-state index in [4.69, 9.17) is 9.15 Å². The van der Waals surface area contributed by atoms with Crippen LogP contribution in [0.2, 0.25) is 0 Å². The highest BCUT2D eigenvalue weighted by Gasteiger charge is 2.62. The predicted octanol–water partition coefficient (Wildman–Crippen LogP) is 1.64. The highest BCUT2D eigenvalue weighted by molar-refractivity contribution is 7.93. The Morgan fingerprint density at radius 3 is 2.71 bits per heavy atom. The number of hydrogen-bond acceptors (Lipinski definition) is 5. The standard InChI is InChI=1S/C17H23NO5S/c1-12-15(4-6-23-12)16(19)18-10-17(11-18)14(5-7-24(17,20)21)9-22-8-13-2-3-13/h4,6,13-14H,2-3,5,7-11H2,1H3. The molecule has 3 fully saturated rings. The van der Waals surface area contributed by atoms with Gasteiger partial charge < -0.3 is 14.1 Å². The summed E-state index contributed by atoms with van der Waals surface area (Å²) in [6.45, 7) is 3.52. The number of rotatable bonds is 5. The van der Waals surface area contributed by atoms with Gasteiger partial charge in [-0.15, -0.1) is 0 Å². The summed E-state index contributed by atoms with van der Waals surface area (Å²) < 4.78 is 35.3. The smallest absolute Gasteiger partial charge is 0.257 e. The van der Waals surface area contributed by atoms with Crippen LogP contribution >= 0.6 is 0 Å². The van der Waals surface area contributed by atoms with Crippen LogP contribution in [0.5, 0.6) is 0 Å². The molecule has 2 saturated heterocycles. The van der Waals surface area contributed by atoms with Crippen molar-refractivity contribution < 1.29 is 22.4 Å². The van der Waals surface area contributed by atoms with Gasteiger partial charge in [-0.3, -0.25) is 4.79 Å². The topological polar surface area (TPSA) is 76.8 Å². The number of furan rings is 1. The van der Waals surface area contributed by atoms with Gasteiger partial charge in [0.15, 0.2) is 9.84 Å². The molecule has 0 radical (unpaired) electrons. The molecule has 6 nitrogen and oxygen atoms in total. The molecule has 1 unspecified atom stereocenters. The molecular formula is C17H23NO5S. The zero-order valence-corrected chi connectivity index (χ0v) is 14.7. The molecule has 0 aromatic carbocycles. The van der Waals surface area contributed by atoms with Crippen molar-refractivity contribution in [1.82, 2.24) is 4.90 Å². The van der Waals surface area contributed by atoms with E-state index in [2.05, 4.69) is 0 Å². The molecule has 3 aliphatic rings. The maximum atomic E-state index is 12.6. The lowest BCUT2D eigenvalue weighted by Crippen LogP contribution is -2.68. The first kappa shape index (κ1) is 16.1. The summed E-state index contributed by atoms with van der Waals surface area (Å²) in [5, 5.41) is 0. The van der Waals surface area contributed by atoms with Crippen molar-refractivity contribution in [3.63, 3.8) is 0 Å². The monoisotopic (exact) mass is 353 g/mol. The van der Waals surface area contributed by atoms with E-state index in [9.17, 15) is 13.2 Å². The van der Waals surface area contributed by atoms with Gasteiger partial charge >= 0.3 is 0 Å². The lowest BCUT2D eigenvalue weighted by Gasteiger charge is -2.49. The normalized spacial score (nSPS) is 27.4. The van der Waals surface area contributed by atoms with E-state index in [1.54, 1.807) is 17.9 Å². The Balaban J connectivity index is 1.44. The zero-order chi connectivity index (χ0) is 16.9. The summed E-state index contributed by atoms with van der Waals surface area (Å²) in [7, 11) is -3.18. The maximum Gasteiger partial charge on any atom is 0.257 e. The van der Waals surface area contributed by atoms with Crippen LogP contribution in [0, 0.1) is 18.8 Å². The Kier molecular flexibility index (Phi) is 3.76. The van der Waals surface area contributed by atoms with Gasteiger partial charge in [0.1, 0.15) is 10.5 Å². The zero-order valence-electron chi connectivity index (χ0n) is 13.9. The lowest BCUT2D eigenvalue weighted by atomic mass is 9.83. The van der Waals surface area contributed by atoms with Gasteiger partial charge in [0.05, 0.1) is 24.2 Å². The molecule has 1 spiro atoms. The predicted molar refractivity (Wildman–Crippen MR) is 87.5 cm³/mol. The molecule has 7 heteroatoms. The number of nitrogens with zero attached hydrogens (tertiary/aromatic N) is 1. The summed E-state index contributed by atoms with van der Waals surface area (Å²) in [6.07, 6.45) is 4.57. The minimum Gasteiger partial charge on any atom is -0.469 e. The van der Waals surface area contributed by atoms with E-state index in [-0.39, 0.29) is 30.7 Å². The number of carbonyl (C=O) groups excluding carboxylic acids is 1. The van der Waals surface area contributed by atoms with Crippen LogP contribution < -0.4 is 0 Å². The number of aryl methyl sites for hydroxylation is 1. The van der Waals surface area contributed by atoms with Crippen molar-refractivity contribution >= 4 is 15.7 Å². The second-order valence-corrected chi connectivity index (χ2v) is 9.85. The highest BCUT2D eigenvalue weighted by atomic mass is 32.2. The van der Waals surface area contributed by atoms with Crippen molar-refractivity contribution in [1.29, 1.82) is 0 Å². The molecule has 2 aliphatic heterocycles. The fourth-order valence-corrected chi connectivity index (χ4v) is 6.29. The van der Waals surface area contributed by atoms with Crippen LogP contribution in [0.3, 0.4) is 0 Å². The van der Waals surface area contributed by atoms with Gasteiger partial charge in [0.2, 0.25) is 0 Å². The van der Waals surface area contributed by atoms with Crippen LogP contribution in [0.4, 0.5) is 0 Å². The Bertz CT molecular complexity index is 743. The Labute approximate surface area is 142 Å². The third kappa shape index (κ3) is 2.49. The second-order valence-electron chi connectivity index (χ2n) is 7.40. The highest BCUT2D eigenvalue weighted by Crippen LogP contribution is 2.45. The molecule has 132 valence electrons. The minimum atomic E-state index is -3.18. The minimum absolute atomic E-state index is 0.00394. The number of carbonyl (C=O) groups is 1. The number of ether oxygens (including phenoxy) is 1. The molecule has 1 amide bonds. The third-order valence-electron chi connectivity index (χ3n) is 5.76. The molecular weight excluding hydrogens is 330 g/mol. The average Bonchev–Trinajstić information content (AvgIpc) is 3.14. The number of sulfone groups is 1. The van der Waals surface area contributed by atoms with Gasteiger partial charge in [0, 0.05) is 25.6 Å². The molecule has 1 saturated carbocycles. The summed E-state index contributed by atoms with van der Waals surface area (Å²) in [6, 6.07) is 1.64. The van der Waals surface area contributed by atoms with Gasteiger partial charge in [-0.1, -0.05) is 0 Å². The first-order valence-corrected chi connectivity index (χ1v) is 10.2. The second kappa shape index (κ2) is 5.59. The summed E-state index contributed by atoms with van der Waals surface area (Å²) in [5.74, 6) is 1.29. The van der Waals surface area contributed by atoms with E-state index < -0.39 is 14.6 Å². The van der Waals surface area contributed by atoms with E-state index in [1.165, 1.54) is 19.1 Å². The van der Waals surface area contributed by atoms with E-state index in [0.717, 1.165) is 6.61 Å². The lowest BCUT2D eigenvalue weighted by molar-refractivity contribution is 0.0227. The molecule has 3 heterocycles. The van der Waals surface area contributed by atoms with Gasteiger partial charge in [-0.2, -0.15) is 0 Å². The first-order chi connectivity index (χ1) is 11.4. The Morgan fingerprint density at radius 1 is 1.33 bits per heavy atom. The fourth-order valence-electron chi connectivity index (χ4n) is 3.89. The van der Waals surface area contributed by atoms with Crippen molar-refractivity contribution in [2.24, 2.45) is 11.8 Å².